The minimum absolute atomic E-state index is 0.539. The number of furan rings is 1. The monoisotopic (exact) mass is 833 g/mol. The lowest BCUT2D eigenvalue weighted by atomic mass is 9.67. The molecule has 0 fully saturated rings. The summed E-state index contributed by atoms with van der Waals surface area (Å²) in [6.07, 6.45) is 0. The molecule has 13 rings (SSSR count). The average molecular weight is 834 g/mol. The van der Waals surface area contributed by atoms with E-state index >= 15 is 0 Å². The maximum absolute atomic E-state index is 6.71. The van der Waals surface area contributed by atoms with Crippen molar-refractivity contribution in [3.8, 4) is 33.4 Å². The maximum Gasteiger partial charge on any atom is 0.143 e. The van der Waals surface area contributed by atoms with Gasteiger partial charge < -0.3 is 9.32 Å². The fraction of sp³-hybridized carbons (Fsp3) is 0.0164. The van der Waals surface area contributed by atoms with Crippen LogP contribution < -0.4 is 4.90 Å². The lowest BCUT2D eigenvalue weighted by molar-refractivity contribution is 0.670. The molecular weight excluding hydrogens is 795 g/mol. The molecule has 64 heavy (non-hydrogen) atoms. The van der Waals surface area contributed by atoms with Crippen LogP contribution in [0.5, 0.6) is 0 Å². The highest BCUT2D eigenvalue weighted by Crippen LogP contribution is 2.57. The van der Waals surface area contributed by atoms with Gasteiger partial charge in [-0.1, -0.05) is 194 Å². The van der Waals surface area contributed by atoms with E-state index in [2.05, 4.69) is 235 Å². The predicted octanol–water partition coefficient (Wildman–Crippen LogP) is 17.1. The number of para-hydroxylation sites is 3. The van der Waals surface area contributed by atoms with Crippen LogP contribution in [0.4, 0.5) is 17.1 Å². The van der Waals surface area contributed by atoms with E-state index in [1.54, 1.807) is 0 Å². The third kappa shape index (κ3) is 5.44. The molecule has 0 saturated heterocycles. The fourth-order valence-corrected chi connectivity index (χ4v) is 11.9. The van der Waals surface area contributed by atoms with Gasteiger partial charge in [0.15, 0.2) is 0 Å². The van der Waals surface area contributed by atoms with Gasteiger partial charge in [-0.25, -0.2) is 0 Å². The molecule has 0 atom stereocenters. The second kappa shape index (κ2) is 14.6. The quantitative estimate of drug-likeness (QED) is 0.159. The number of rotatable bonds is 7. The maximum atomic E-state index is 6.71. The molecule has 0 spiro atoms. The van der Waals surface area contributed by atoms with E-state index in [0.29, 0.717) is 0 Å². The van der Waals surface area contributed by atoms with Crippen LogP contribution >= 0.6 is 11.3 Å². The molecule has 0 unspecified atom stereocenters. The van der Waals surface area contributed by atoms with Crippen LogP contribution in [0.2, 0.25) is 0 Å². The fourth-order valence-electron chi connectivity index (χ4n) is 10.6. The van der Waals surface area contributed by atoms with Gasteiger partial charge in [0, 0.05) is 53.4 Å². The third-order valence-electron chi connectivity index (χ3n) is 13.4. The van der Waals surface area contributed by atoms with Gasteiger partial charge in [-0.3, -0.25) is 0 Å². The Balaban J connectivity index is 1.05. The van der Waals surface area contributed by atoms with E-state index < -0.39 is 5.41 Å². The minimum Gasteiger partial charge on any atom is -0.455 e. The SMILES string of the molecule is c1ccc(C2(c3ccccc3)c3ccccc3-c3ccc(N(c4ccc(-c5cccc6c5sc5ccccc56)cc4)c4ccccc4-c4cccc5c4oc4ccccc45)cc32)cc1. The van der Waals surface area contributed by atoms with E-state index in [1.807, 2.05) is 17.4 Å². The first-order chi connectivity index (χ1) is 31.8. The molecule has 2 aromatic heterocycles. The van der Waals surface area contributed by atoms with Crippen LogP contribution in [0, 0.1) is 0 Å². The van der Waals surface area contributed by atoms with Crippen molar-refractivity contribution in [3.63, 3.8) is 0 Å². The van der Waals surface area contributed by atoms with Crippen molar-refractivity contribution < 1.29 is 4.42 Å². The first-order valence-corrected chi connectivity index (χ1v) is 22.7. The molecule has 1 aliphatic carbocycles. The molecule has 0 amide bonds. The van der Waals surface area contributed by atoms with Gasteiger partial charge in [-0.05, 0) is 87.0 Å². The Morgan fingerprint density at radius 2 is 0.953 bits per heavy atom. The Morgan fingerprint density at radius 3 is 1.75 bits per heavy atom. The molecule has 2 nitrogen and oxygen atoms in total. The molecule has 0 aliphatic heterocycles. The molecule has 0 N–H and O–H groups in total. The van der Waals surface area contributed by atoms with Crippen molar-refractivity contribution in [2.45, 2.75) is 5.41 Å². The van der Waals surface area contributed by atoms with E-state index in [4.69, 9.17) is 4.42 Å². The average Bonchev–Trinajstić information content (AvgIpc) is 4.04. The lowest BCUT2D eigenvalue weighted by Gasteiger charge is -2.35. The predicted molar refractivity (Wildman–Crippen MR) is 269 cm³/mol. The van der Waals surface area contributed by atoms with Crippen molar-refractivity contribution in [1.82, 2.24) is 0 Å². The van der Waals surface area contributed by atoms with Crippen LogP contribution in [-0.4, -0.2) is 0 Å². The lowest BCUT2D eigenvalue weighted by Crippen LogP contribution is -2.28. The summed E-state index contributed by atoms with van der Waals surface area (Å²) in [6, 6.07) is 86.5. The van der Waals surface area contributed by atoms with Crippen LogP contribution in [0.3, 0.4) is 0 Å². The van der Waals surface area contributed by atoms with Crippen molar-refractivity contribution in [3.05, 3.63) is 259 Å². The van der Waals surface area contributed by atoms with Gasteiger partial charge in [0.1, 0.15) is 11.2 Å². The largest absolute Gasteiger partial charge is 0.455 e. The number of thiophene rings is 1. The zero-order chi connectivity index (χ0) is 42.2. The van der Waals surface area contributed by atoms with Gasteiger partial charge in [0.2, 0.25) is 0 Å². The van der Waals surface area contributed by atoms with Crippen molar-refractivity contribution in [2.75, 3.05) is 4.90 Å². The van der Waals surface area contributed by atoms with Gasteiger partial charge in [0.25, 0.3) is 0 Å². The number of benzene rings is 10. The summed E-state index contributed by atoms with van der Waals surface area (Å²) in [5.74, 6) is 0. The Labute approximate surface area is 375 Å². The molecule has 0 saturated carbocycles. The van der Waals surface area contributed by atoms with Crippen LogP contribution in [0.25, 0.3) is 75.5 Å². The highest BCUT2D eigenvalue weighted by molar-refractivity contribution is 7.26. The van der Waals surface area contributed by atoms with Crippen molar-refractivity contribution in [2.24, 2.45) is 0 Å². The number of fused-ring (bicyclic) bond motifs is 9. The minimum atomic E-state index is -0.539. The second-order valence-corrected chi connectivity index (χ2v) is 17.8. The molecule has 10 aromatic carbocycles. The van der Waals surface area contributed by atoms with Crippen molar-refractivity contribution in [1.29, 1.82) is 0 Å². The Kier molecular flexibility index (Phi) is 8.34. The third-order valence-corrected chi connectivity index (χ3v) is 14.6. The molecule has 300 valence electrons. The smallest absolute Gasteiger partial charge is 0.143 e. The Bertz CT molecular complexity index is 3690. The van der Waals surface area contributed by atoms with E-state index in [-0.39, 0.29) is 0 Å². The van der Waals surface area contributed by atoms with Crippen LogP contribution in [0.1, 0.15) is 22.3 Å². The number of hydrogen-bond donors (Lipinski definition) is 0. The first-order valence-electron chi connectivity index (χ1n) is 21.9. The highest BCUT2D eigenvalue weighted by Gasteiger charge is 2.46. The van der Waals surface area contributed by atoms with Crippen molar-refractivity contribution >= 4 is 70.5 Å². The van der Waals surface area contributed by atoms with E-state index in [0.717, 1.165) is 50.1 Å². The summed E-state index contributed by atoms with van der Waals surface area (Å²) in [5.41, 5.74) is 16.6. The molecule has 0 radical (unpaired) electrons. The Hall–Kier alpha value is -7.98. The normalized spacial score (nSPS) is 12.8. The molecule has 1 aliphatic rings. The zero-order valence-electron chi connectivity index (χ0n) is 34.8. The van der Waals surface area contributed by atoms with E-state index in [9.17, 15) is 0 Å². The topological polar surface area (TPSA) is 16.4 Å². The van der Waals surface area contributed by atoms with Gasteiger partial charge in [-0.15, -0.1) is 11.3 Å². The van der Waals surface area contributed by atoms with Crippen LogP contribution in [0.15, 0.2) is 241 Å². The standard InChI is InChI=1S/C61H39NOS/c1-3-17-41(18-4-1)61(42-19-5-2-6-20-42)54-29-11-7-21-46(54)47-38-37-44(39-55(47)61)62(43-35-33-40(34-36-43)45-25-15-28-53-50-24-10-14-32-58(50)64-60(45)53)56-30-12-8-22-48(56)51-26-16-27-52-49-23-9-13-31-57(49)63-59(51)52/h1-39H. The second-order valence-electron chi connectivity index (χ2n) is 16.7. The van der Waals surface area contributed by atoms with E-state index in [1.165, 1.54) is 64.7 Å². The summed E-state index contributed by atoms with van der Waals surface area (Å²) in [7, 11) is 0. The zero-order valence-corrected chi connectivity index (χ0v) is 35.6. The molecule has 2 heterocycles. The van der Waals surface area contributed by atoms with Gasteiger partial charge >= 0.3 is 0 Å². The summed E-state index contributed by atoms with van der Waals surface area (Å²) < 4.78 is 9.33. The molecular formula is C61H39NOS. The summed E-state index contributed by atoms with van der Waals surface area (Å²) in [5, 5.41) is 4.84. The molecule has 3 heteroatoms. The summed E-state index contributed by atoms with van der Waals surface area (Å²) >= 11 is 1.87. The first kappa shape index (κ1) is 36.7. The molecule has 0 bridgehead atoms. The Morgan fingerprint density at radius 1 is 0.375 bits per heavy atom. The number of hydrogen-bond acceptors (Lipinski definition) is 3. The summed E-state index contributed by atoms with van der Waals surface area (Å²) in [4.78, 5) is 2.45. The van der Waals surface area contributed by atoms with Gasteiger partial charge in [-0.2, -0.15) is 0 Å². The van der Waals surface area contributed by atoms with Crippen LogP contribution in [-0.2, 0) is 5.41 Å². The van der Waals surface area contributed by atoms with Gasteiger partial charge in [0.05, 0.1) is 11.1 Å². The number of anilines is 3. The summed E-state index contributed by atoms with van der Waals surface area (Å²) in [6.45, 7) is 0. The number of nitrogens with zero attached hydrogens (tertiary/aromatic N) is 1. The molecule has 12 aromatic rings. The highest BCUT2D eigenvalue weighted by atomic mass is 32.1.